The van der Waals surface area contributed by atoms with Crippen LogP contribution in [0.3, 0.4) is 0 Å². The topological polar surface area (TPSA) is 47.8 Å². The number of aromatic nitrogens is 3. The van der Waals surface area contributed by atoms with Crippen LogP contribution in [-0.4, -0.2) is 20.5 Å². The van der Waals surface area contributed by atoms with Crippen LogP contribution in [0, 0.1) is 6.92 Å². The van der Waals surface area contributed by atoms with Gasteiger partial charge in [0.05, 0.1) is 0 Å². The fourth-order valence-corrected chi connectivity index (χ4v) is 3.22. The summed E-state index contributed by atoms with van der Waals surface area (Å²) in [7, 11) is 0. The average Bonchev–Trinajstić information content (AvgIpc) is 3.12. The Morgan fingerprint density at radius 2 is 1.83 bits per heavy atom. The lowest BCUT2D eigenvalue weighted by Crippen LogP contribution is -2.44. The summed E-state index contributed by atoms with van der Waals surface area (Å²) in [6, 6.07) is 17.9. The minimum absolute atomic E-state index is 0.118. The highest BCUT2D eigenvalue weighted by Gasteiger charge is 2.43. The second-order valence-electron chi connectivity index (χ2n) is 5.96. The van der Waals surface area contributed by atoms with E-state index in [2.05, 4.69) is 16.1 Å². The van der Waals surface area contributed by atoms with Gasteiger partial charge in [0.2, 0.25) is 0 Å². The van der Waals surface area contributed by atoms with Crippen molar-refractivity contribution >= 4 is 5.78 Å². The summed E-state index contributed by atoms with van der Waals surface area (Å²) in [5, 5.41) is 4.36. The maximum Gasteiger partial charge on any atom is 0.172 e. The molecule has 0 saturated carbocycles. The van der Waals surface area contributed by atoms with Crippen LogP contribution >= 0.6 is 0 Å². The molecule has 24 heavy (non-hydrogen) atoms. The Morgan fingerprint density at radius 3 is 2.46 bits per heavy atom. The molecule has 0 aliphatic rings. The van der Waals surface area contributed by atoms with Crippen molar-refractivity contribution in [2.45, 2.75) is 32.2 Å². The Morgan fingerprint density at radius 1 is 1.08 bits per heavy atom. The average molecular weight is 319 g/mol. The van der Waals surface area contributed by atoms with Gasteiger partial charge in [0.25, 0.3) is 0 Å². The van der Waals surface area contributed by atoms with Gasteiger partial charge in [-0.2, -0.15) is 5.10 Å². The van der Waals surface area contributed by atoms with Gasteiger partial charge in [0.1, 0.15) is 12.7 Å². The van der Waals surface area contributed by atoms with E-state index in [0.29, 0.717) is 6.42 Å². The molecule has 0 spiro atoms. The molecule has 0 N–H and O–H groups in total. The standard InChI is InChI=1S/C20H21N3O/c1-3-8-19(24)20(23-15-21-14-22-23,17-10-5-4-6-11-17)18-12-7-9-16(2)13-18/h4-7,9-15H,3,8H2,1-2H3. The molecule has 0 saturated heterocycles. The molecule has 3 aromatic rings. The van der Waals surface area contributed by atoms with Gasteiger partial charge in [-0.25, -0.2) is 9.67 Å². The smallest absolute Gasteiger partial charge is 0.172 e. The zero-order valence-electron chi connectivity index (χ0n) is 14.0. The highest BCUT2D eigenvalue weighted by molar-refractivity contribution is 5.93. The highest BCUT2D eigenvalue weighted by atomic mass is 16.1. The van der Waals surface area contributed by atoms with Crippen LogP contribution < -0.4 is 0 Å². The summed E-state index contributed by atoms with van der Waals surface area (Å²) in [4.78, 5) is 17.5. The van der Waals surface area contributed by atoms with Crippen LogP contribution in [0.4, 0.5) is 0 Å². The number of carbonyl (C=O) groups excluding carboxylic acids is 1. The number of rotatable bonds is 6. The summed E-state index contributed by atoms with van der Waals surface area (Å²) in [5.41, 5.74) is 1.94. The number of carbonyl (C=O) groups is 1. The van der Waals surface area contributed by atoms with E-state index < -0.39 is 5.54 Å². The Balaban J connectivity index is 2.35. The van der Waals surface area contributed by atoms with E-state index in [0.717, 1.165) is 23.1 Å². The summed E-state index contributed by atoms with van der Waals surface area (Å²) >= 11 is 0. The summed E-state index contributed by atoms with van der Waals surface area (Å²) in [5.74, 6) is 0.118. The van der Waals surface area contributed by atoms with Crippen molar-refractivity contribution in [3.05, 3.63) is 83.9 Å². The van der Waals surface area contributed by atoms with Crippen molar-refractivity contribution in [2.75, 3.05) is 0 Å². The monoisotopic (exact) mass is 319 g/mol. The van der Waals surface area contributed by atoms with Crippen LogP contribution in [0.5, 0.6) is 0 Å². The van der Waals surface area contributed by atoms with Gasteiger partial charge in [-0.05, 0) is 24.5 Å². The molecule has 4 nitrogen and oxygen atoms in total. The van der Waals surface area contributed by atoms with Crippen LogP contribution in [0.1, 0.15) is 36.5 Å². The molecule has 2 aromatic carbocycles. The van der Waals surface area contributed by atoms with Crippen LogP contribution in [-0.2, 0) is 10.3 Å². The molecule has 0 bridgehead atoms. The first-order chi connectivity index (χ1) is 11.7. The number of Topliss-reactive ketones (excluding diaryl/α,β-unsaturated/α-hetero) is 1. The Kier molecular flexibility index (Phi) is 4.56. The molecule has 3 rings (SSSR count). The van der Waals surface area contributed by atoms with Crippen molar-refractivity contribution in [1.29, 1.82) is 0 Å². The van der Waals surface area contributed by atoms with E-state index in [4.69, 9.17) is 0 Å². The molecular weight excluding hydrogens is 298 g/mol. The highest BCUT2D eigenvalue weighted by Crippen LogP contribution is 2.36. The lowest BCUT2D eigenvalue weighted by Gasteiger charge is -2.34. The molecule has 4 heteroatoms. The van der Waals surface area contributed by atoms with Crippen molar-refractivity contribution in [2.24, 2.45) is 0 Å². The van der Waals surface area contributed by atoms with E-state index >= 15 is 0 Å². The first-order valence-corrected chi connectivity index (χ1v) is 8.20. The fourth-order valence-electron chi connectivity index (χ4n) is 3.22. The number of hydrogen-bond acceptors (Lipinski definition) is 3. The van der Waals surface area contributed by atoms with Gasteiger partial charge >= 0.3 is 0 Å². The van der Waals surface area contributed by atoms with Gasteiger partial charge in [-0.15, -0.1) is 0 Å². The Labute approximate surface area is 142 Å². The van der Waals surface area contributed by atoms with Gasteiger partial charge in [-0.1, -0.05) is 67.1 Å². The van der Waals surface area contributed by atoms with Gasteiger partial charge in [-0.3, -0.25) is 4.79 Å². The van der Waals surface area contributed by atoms with Crippen molar-refractivity contribution in [3.63, 3.8) is 0 Å². The van der Waals surface area contributed by atoms with Gasteiger partial charge < -0.3 is 0 Å². The van der Waals surface area contributed by atoms with E-state index in [1.807, 2.05) is 62.4 Å². The summed E-state index contributed by atoms with van der Waals surface area (Å²) in [6.45, 7) is 4.05. The van der Waals surface area contributed by atoms with Crippen molar-refractivity contribution in [1.82, 2.24) is 14.8 Å². The van der Waals surface area contributed by atoms with Crippen LogP contribution in [0.15, 0.2) is 67.3 Å². The molecule has 0 amide bonds. The van der Waals surface area contributed by atoms with E-state index in [9.17, 15) is 4.79 Å². The lowest BCUT2D eigenvalue weighted by molar-refractivity contribution is -0.124. The van der Waals surface area contributed by atoms with Crippen LogP contribution in [0.2, 0.25) is 0 Å². The number of ketones is 1. The molecule has 122 valence electrons. The normalized spacial score (nSPS) is 13.4. The molecule has 1 atom stereocenters. The SMILES string of the molecule is CCCC(=O)C(c1ccccc1)(c1cccc(C)c1)n1cncn1. The summed E-state index contributed by atoms with van der Waals surface area (Å²) < 4.78 is 1.69. The number of hydrogen-bond donors (Lipinski definition) is 0. The van der Waals surface area contributed by atoms with E-state index in [-0.39, 0.29) is 5.78 Å². The predicted octanol–water partition coefficient (Wildman–Crippen LogP) is 3.75. The third-order valence-electron chi connectivity index (χ3n) is 4.27. The summed E-state index contributed by atoms with van der Waals surface area (Å²) in [6.07, 6.45) is 4.37. The number of aryl methyl sites for hydroxylation is 1. The van der Waals surface area contributed by atoms with Gasteiger partial charge in [0, 0.05) is 6.42 Å². The first kappa shape index (κ1) is 16.1. The minimum Gasteiger partial charge on any atom is -0.296 e. The zero-order valence-corrected chi connectivity index (χ0v) is 14.0. The zero-order chi connectivity index (χ0) is 17.0. The third kappa shape index (κ3) is 2.64. The second kappa shape index (κ2) is 6.79. The van der Waals surface area contributed by atoms with Gasteiger partial charge in [0.15, 0.2) is 11.3 Å². The number of benzene rings is 2. The molecule has 1 aromatic heterocycles. The largest absolute Gasteiger partial charge is 0.296 e. The molecule has 0 fully saturated rings. The molecule has 0 aliphatic heterocycles. The van der Waals surface area contributed by atoms with E-state index in [1.165, 1.54) is 6.33 Å². The molecule has 1 heterocycles. The lowest BCUT2D eigenvalue weighted by atomic mass is 9.77. The molecule has 0 aliphatic carbocycles. The molecular formula is C20H21N3O. The van der Waals surface area contributed by atoms with Crippen molar-refractivity contribution < 1.29 is 4.79 Å². The fraction of sp³-hybridized carbons (Fsp3) is 0.250. The second-order valence-corrected chi connectivity index (χ2v) is 5.96. The molecule has 1 unspecified atom stereocenters. The molecule has 0 radical (unpaired) electrons. The quantitative estimate of drug-likeness (QED) is 0.695. The Bertz CT molecular complexity index is 812. The third-order valence-corrected chi connectivity index (χ3v) is 4.27. The maximum absolute atomic E-state index is 13.4. The number of nitrogens with zero attached hydrogens (tertiary/aromatic N) is 3. The van der Waals surface area contributed by atoms with Crippen LogP contribution in [0.25, 0.3) is 0 Å². The Hall–Kier alpha value is -2.75. The van der Waals surface area contributed by atoms with Crippen molar-refractivity contribution in [3.8, 4) is 0 Å². The van der Waals surface area contributed by atoms with E-state index in [1.54, 1.807) is 11.0 Å². The maximum atomic E-state index is 13.4. The first-order valence-electron chi connectivity index (χ1n) is 8.20. The predicted molar refractivity (Wildman–Crippen MR) is 93.7 cm³/mol. The minimum atomic E-state index is -0.986.